The number of amides is 1. The van der Waals surface area contributed by atoms with E-state index in [0.29, 0.717) is 17.0 Å². The Balaban J connectivity index is 1.65. The lowest BCUT2D eigenvalue weighted by Gasteiger charge is -2.17. The fraction of sp³-hybridized carbons (Fsp3) is 0.0833. The van der Waals surface area contributed by atoms with Crippen molar-refractivity contribution in [3.63, 3.8) is 0 Å². The largest absolute Gasteiger partial charge is 0.497 e. The molecule has 30 heavy (non-hydrogen) atoms. The number of ether oxygens (including phenoxy) is 1. The molecule has 0 aromatic heterocycles. The lowest BCUT2D eigenvalue weighted by Crippen LogP contribution is -2.29. The maximum Gasteiger partial charge on any atom is 0.244 e. The predicted octanol–water partition coefficient (Wildman–Crippen LogP) is 5.23. The molecule has 148 valence electrons. The Morgan fingerprint density at radius 1 is 1.00 bits per heavy atom. The highest BCUT2D eigenvalue weighted by Crippen LogP contribution is 2.48. The van der Waals surface area contributed by atoms with E-state index in [0.717, 1.165) is 21.2 Å². The molecule has 2 heterocycles. The number of carbonyl (C=O) groups is 1. The monoisotopic (exact) mass is 413 g/mol. The molecule has 0 radical (unpaired) electrons. The van der Waals surface area contributed by atoms with E-state index in [-0.39, 0.29) is 11.7 Å². The molecule has 1 atom stereocenters. The van der Waals surface area contributed by atoms with Crippen LogP contribution >= 0.6 is 11.8 Å². The van der Waals surface area contributed by atoms with Gasteiger partial charge in [0.2, 0.25) is 5.91 Å². The summed E-state index contributed by atoms with van der Waals surface area (Å²) in [6.45, 7) is 0. The highest BCUT2D eigenvalue weighted by Gasteiger charge is 2.45. The van der Waals surface area contributed by atoms with E-state index in [2.05, 4.69) is 5.32 Å². The van der Waals surface area contributed by atoms with Crippen molar-refractivity contribution in [2.24, 2.45) is 0 Å². The number of hydrogen-bond acceptors (Lipinski definition) is 5. The van der Waals surface area contributed by atoms with Crippen LogP contribution in [0.3, 0.4) is 0 Å². The summed E-state index contributed by atoms with van der Waals surface area (Å²) in [5.41, 5.74) is 3.19. The summed E-state index contributed by atoms with van der Waals surface area (Å²) in [5, 5.41) is 13.2. The molecule has 2 aliphatic heterocycles. The van der Waals surface area contributed by atoms with Crippen molar-refractivity contribution in [3.05, 3.63) is 95.0 Å². The highest BCUT2D eigenvalue weighted by atomic mass is 32.2. The maximum atomic E-state index is 13.6. The minimum Gasteiger partial charge on any atom is -0.497 e. The van der Waals surface area contributed by atoms with Crippen LogP contribution in [0.15, 0.2) is 94.4 Å². The van der Waals surface area contributed by atoms with Crippen LogP contribution in [0.1, 0.15) is 11.5 Å². The molecule has 2 aliphatic rings. The van der Waals surface area contributed by atoms with E-state index >= 15 is 0 Å². The second-order valence-corrected chi connectivity index (χ2v) is 8.09. The zero-order chi connectivity index (χ0) is 20.7. The molecule has 1 fully saturated rings. The van der Waals surface area contributed by atoms with Crippen molar-refractivity contribution in [3.8, 4) is 5.75 Å². The van der Waals surface area contributed by atoms with Gasteiger partial charge >= 0.3 is 0 Å². The van der Waals surface area contributed by atoms with Gasteiger partial charge in [0, 0.05) is 16.5 Å². The van der Waals surface area contributed by atoms with Gasteiger partial charge in [-0.2, -0.15) is 0 Å². The molecule has 3 aromatic carbocycles. The number of amidine groups is 1. The van der Waals surface area contributed by atoms with Crippen LogP contribution in [-0.4, -0.2) is 18.9 Å². The van der Waals surface area contributed by atoms with E-state index in [1.807, 2.05) is 72.8 Å². The van der Waals surface area contributed by atoms with Crippen LogP contribution in [0.2, 0.25) is 0 Å². The Morgan fingerprint density at radius 2 is 1.77 bits per heavy atom. The molecule has 0 aliphatic carbocycles. The molecule has 2 N–H and O–H groups in total. The molecule has 0 bridgehead atoms. The Labute approximate surface area is 178 Å². The van der Waals surface area contributed by atoms with E-state index in [4.69, 9.17) is 10.1 Å². The topological polar surface area (TPSA) is 65.4 Å². The molecule has 6 heteroatoms. The normalized spacial score (nSPS) is 20.3. The molecule has 1 saturated heterocycles. The third-order valence-corrected chi connectivity index (χ3v) is 6.37. The van der Waals surface area contributed by atoms with Crippen LogP contribution in [0.5, 0.6) is 5.75 Å². The SMILES string of the molecule is COc1cccc(N2C(=N)C(=C3Nc4ccccc4S3)C(c3ccccc3)C2=O)c1. The van der Waals surface area contributed by atoms with E-state index in [1.165, 1.54) is 4.90 Å². The minimum atomic E-state index is -0.547. The lowest BCUT2D eigenvalue weighted by molar-refractivity contribution is -0.117. The van der Waals surface area contributed by atoms with Gasteiger partial charge in [-0.3, -0.25) is 15.1 Å². The Kier molecular flexibility index (Phi) is 4.56. The third-order valence-electron chi connectivity index (χ3n) is 5.27. The number of benzene rings is 3. The molecular weight excluding hydrogens is 394 g/mol. The number of nitrogens with zero attached hydrogens (tertiary/aromatic N) is 1. The number of thioether (sulfide) groups is 1. The summed E-state index contributed by atoms with van der Waals surface area (Å²) in [6, 6.07) is 24.9. The van der Waals surface area contributed by atoms with Crippen LogP contribution < -0.4 is 15.0 Å². The minimum absolute atomic E-state index is 0.139. The maximum absolute atomic E-state index is 13.6. The van der Waals surface area contributed by atoms with Gasteiger partial charge in [0.1, 0.15) is 11.6 Å². The molecule has 5 rings (SSSR count). The van der Waals surface area contributed by atoms with Crippen molar-refractivity contribution < 1.29 is 9.53 Å². The molecule has 1 amide bonds. The summed E-state index contributed by atoms with van der Waals surface area (Å²) in [6.07, 6.45) is 0. The van der Waals surface area contributed by atoms with Crippen LogP contribution in [0.4, 0.5) is 11.4 Å². The standard InChI is InChI=1S/C24H19N3O2S/c1-29-17-11-7-10-16(14-17)27-22(25)21(20(24(27)28)15-8-3-2-4-9-15)23-26-18-12-5-6-13-19(18)30-23/h2-14,20,25-26H,1H3. The van der Waals surface area contributed by atoms with Gasteiger partial charge in [-0.05, 0) is 29.8 Å². The quantitative estimate of drug-likeness (QED) is 0.617. The van der Waals surface area contributed by atoms with Gasteiger partial charge < -0.3 is 10.1 Å². The third kappa shape index (κ3) is 2.97. The fourth-order valence-corrected chi connectivity index (χ4v) is 4.94. The van der Waals surface area contributed by atoms with Crippen molar-refractivity contribution in [1.29, 1.82) is 5.41 Å². The average Bonchev–Trinajstić information content (AvgIpc) is 3.32. The number of hydrogen-bond donors (Lipinski definition) is 2. The Morgan fingerprint density at radius 3 is 2.53 bits per heavy atom. The van der Waals surface area contributed by atoms with E-state index < -0.39 is 5.92 Å². The summed E-state index contributed by atoms with van der Waals surface area (Å²) >= 11 is 1.57. The molecule has 0 saturated carbocycles. The van der Waals surface area contributed by atoms with Crippen LogP contribution in [0.25, 0.3) is 0 Å². The summed E-state index contributed by atoms with van der Waals surface area (Å²) < 4.78 is 5.33. The zero-order valence-corrected chi connectivity index (χ0v) is 17.1. The molecule has 1 unspecified atom stereocenters. The van der Waals surface area contributed by atoms with Gasteiger partial charge in [0.05, 0.1) is 29.4 Å². The Bertz CT molecular complexity index is 1160. The predicted molar refractivity (Wildman–Crippen MR) is 120 cm³/mol. The van der Waals surface area contributed by atoms with Gasteiger partial charge in [0.25, 0.3) is 0 Å². The smallest absolute Gasteiger partial charge is 0.244 e. The molecular formula is C24H19N3O2S. The first-order valence-electron chi connectivity index (χ1n) is 9.57. The Hall–Kier alpha value is -3.51. The highest BCUT2D eigenvalue weighted by molar-refractivity contribution is 8.03. The number of fused-ring (bicyclic) bond motifs is 1. The van der Waals surface area contributed by atoms with Crippen molar-refractivity contribution in [1.82, 2.24) is 0 Å². The van der Waals surface area contributed by atoms with Crippen LogP contribution in [0, 0.1) is 5.41 Å². The van der Waals surface area contributed by atoms with Gasteiger partial charge in [-0.15, -0.1) is 0 Å². The number of nitrogens with one attached hydrogen (secondary N) is 2. The number of carbonyl (C=O) groups excluding carboxylic acids is 1. The first kappa shape index (κ1) is 18.5. The second kappa shape index (κ2) is 7.39. The first-order valence-corrected chi connectivity index (χ1v) is 10.4. The van der Waals surface area contributed by atoms with Gasteiger partial charge in [0.15, 0.2) is 0 Å². The summed E-state index contributed by atoms with van der Waals surface area (Å²) in [5.74, 6) is 0.144. The number of para-hydroxylation sites is 1. The van der Waals surface area contributed by atoms with E-state index in [9.17, 15) is 4.79 Å². The summed E-state index contributed by atoms with van der Waals surface area (Å²) in [7, 11) is 1.59. The summed E-state index contributed by atoms with van der Waals surface area (Å²) in [4.78, 5) is 16.2. The number of anilines is 2. The average molecular weight is 414 g/mol. The van der Waals surface area contributed by atoms with Crippen molar-refractivity contribution in [2.75, 3.05) is 17.3 Å². The second-order valence-electron chi connectivity index (χ2n) is 7.03. The molecule has 3 aromatic rings. The van der Waals surface area contributed by atoms with Gasteiger partial charge in [-0.25, -0.2) is 0 Å². The van der Waals surface area contributed by atoms with E-state index in [1.54, 1.807) is 24.9 Å². The number of methoxy groups -OCH3 is 1. The number of rotatable bonds is 3. The zero-order valence-electron chi connectivity index (χ0n) is 16.3. The molecule has 5 nitrogen and oxygen atoms in total. The lowest BCUT2D eigenvalue weighted by atomic mass is 9.93. The van der Waals surface area contributed by atoms with Crippen molar-refractivity contribution >= 4 is 34.9 Å². The molecule has 0 spiro atoms. The fourth-order valence-electron chi connectivity index (χ4n) is 3.86. The first-order chi connectivity index (χ1) is 14.7. The van der Waals surface area contributed by atoms with Crippen LogP contribution in [-0.2, 0) is 4.79 Å². The van der Waals surface area contributed by atoms with Gasteiger partial charge in [-0.1, -0.05) is 60.3 Å². The van der Waals surface area contributed by atoms with Crippen molar-refractivity contribution in [2.45, 2.75) is 10.8 Å².